The van der Waals surface area contributed by atoms with Gasteiger partial charge < -0.3 is 14.5 Å². The lowest BCUT2D eigenvalue weighted by atomic mass is 10.0. The molecule has 1 unspecified atom stereocenters. The Bertz CT molecular complexity index is 4940. The Morgan fingerprint density at radius 2 is 0.971 bits per heavy atom. The van der Waals surface area contributed by atoms with E-state index in [4.69, 9.17) is 42.9 Å². The van der Waals surface area contributed by atoms with Crippen LogP contribution < -0.4 is 0 Å². The van der Waals surface area contributed by atoms with Crippen molar-refractivity contribution in [3.05, 3.63) is 195 Å². The van der Waals surface area contributed by atoms with Gasteiger partial charge in [0.2, 0.25) is 0 Å². The van der Waals surface area contributed by atoms with E-state index in [9.17, 15) is 26.3 Å². The van der Waals surface area contributed by atoms with E-state index in [1.165, 1.54) is 24.3 Å². The molecule has 0 bridgehead atoms. The zero-order valence-electron chi connectivity index (χ0n) is 56.7. The van der Waals surface area contributed by atoms with Gasteiger partial charge in [0.1, 0.15) is 46.8 Å². The number of aromatic nitrogens is 12. The second kappa shape index (κ2) is 32.4. The van der Waals surface area contributed by atoms with Crippen LogP contribution in [0.15, 0.2) is 139 Å². The number of hydrogen-bond donors (Lipinski definition) is 2. The van der Waals surface area contributed by atoms with Gasteiger partial charge in [0, 0.05) is 152 Å². The predicted molar refractivity (Wildman–Crippen MR) is 391 cm³/mol. The molecule has 26 heteroatoms. The summed E-state index contributed by atoms with van der Waals surface area (Å²) in [4.78, 5) is 37.9. The molecule has 3 saturated heterocycles. The van der Waals surface area contributed by atoms with Crippen LogP contribution in [0, 0.1) is 34.9 Å². The van der Waals surface area contributed by atoms with Gasteiger partial charge in [-0.15, -0.1) is 0 Å². The van der Waals surface area contributed by atoms with Crippen molar-refractivity contribution in [1.29, 1.82) is 0 Å². The Kier molecular flexibility index (Phi) is 22.8. The predicted octanol–water partition coefficient (Wildman–Crippen LogP) is 17.1. The number of benzene rings is 3. The zero-order chi connectivity index (χ0) is 71.1. The summed E-state index contributed by atoms with van der Waals surface area (Å²) in [5, 5.41) is 18.1. The van der Waals surface area contributed by atoms with Crippen LogP contribution in [-0.2, 0) is 17.6 Å². The fourth-order valence-electron chi connectivity index (χ4n) is 13.2. The molecule has 3 fully saturated rings. The van der Waals surface area contributed by atoms with Gasteiger partial charge in [-0.05, 0) is 192 Å². The van der Waals surface area contributed by atoms with Crippen molar-refractivity contribution in [2.75, 3.05) is 72.1 Å². The molecule has 9 aromatic heterocycles. The topological polar surface area (TPSA) is 175 Å². The fourth-order valence-corrected chi connectivity index (χ4v) is 13.8. The Morgan fingerprint density at radius 1 is 0.490 bits per heavy atom. The number of rotatable bonds is 17. The first-order chi connectivity index (χ1) is 49.4. The highest BCUT2D eigenvalue weighted by atomic mass is 79.9. The van der Waals surface area contributed by atoms with Crippen LogP contribution in [0.3, 0.4) is 0 Å². The molecule has 528 valence electrons. The maximum absolute atomic E-state index is 14.8. The molecular weight excluding hydrogens is 1420 g/mol. The smallest absolute Gasteiger partial charge is 0.150 e. The molecule has 17 nitrogen and oxygen atoms in total. The van der Waals surface area contributed by atoms with Crippen LogP contribution in [0.1, 0.15) is 77.2 Å². The molecule has 102 heavy (non-hydrogen) atoms. The average molecular weight is 1490 g/mol. The Labute approximate surface area is 604 Å². The number of fused-ring (bicyclic) bond motifs is 3. The summed E-state index contributed by atoms with van der Waals surface area (Å²) >= 11 is 15.3. The van der Waals surface area contributed by atoms with Crippen molar-refractivity contribution in [3.63, 3.8) is 0 Å². The number of halogens is 9. The summed E-state index contributed by atoms with van der Waals surface area (Å²) in [6, 6.07) is 25.9. The van der Waals surface area contributed by atoms with Crippen LogP contribution >= 0.6 is 39.1 Å². The zero-order valence-corrected chi connectivity index (χ0v) is 59.8. The molecule has 3 aliphatic rings. The summed E-state index contributed by atoms with van der Waals surface area (Å²) in [6.07, 6.45) is 17.1. The summed E-state index contributed by atoms with van der Waals surface area (Å²) in [7, 11) is 0. The van der Waals surface area contributed by atoms with Crippen LogP contribution in [0.2, 0.25) is 10.0 Å². The number of nitrogens with zero attached hydrogens (tertiary/aromatic N) is 14. The Hall–Kier alpha value is -8.59. The number of ether oxygens (including phenoxy) is 1. The molecule has 2 N–H and O–H groups in total. The summed E-state index contributed by atoms with van der Waals surface area (Å²) in [6.45, 7) is 20.8. The van der Waals surface area contributed by atoms with Gasteiger partial charge in [0.05, 0.1) is 84.0 Å². The van der Waals surface area contributed by atoms with E-state index in [0.29, 0.717) is 75.1 Å². The third-order valence-corrected chi connectivity index (χ3v) is 19.9. The first-order valence-electron chi connectivity index (χ1n) is 34.3. The summed E-state index contributed by atoms with van der Waals surface area (Å²) in [5.41, 5.74) is 12.2. The van der Waals surface area contributed by atoms with Gasteiger partial charge in [0.15, 0.2) is 0 Å². The maximum atomic E-state index is 14.8. The monoisotopic (exact) mass is 1490 g/mol. The number of aryl methyl sites for hydroxylation is 2. The molecule has 3 aliphatic heterocycles. The van der Waals surface area contributed by atoms with Crippen LogP contribution in [-0.4, -0.2) is 164 Å². The van der Waals surface area contributed by atoms with E-state index < -0.39 is 34.9 Å². The molecule has 0 aliphatic carbocycles. The van der Waals surface area contributed by atoms with Crippen molar-refractivity contribution in [3.8, 4) is 67.5 Å². The van der Waals surface area contributed by atoms with Crippen LogP contribution in [0.4, 0.5) is 26.3 Å². The SMILES string of the molecule is CC(C)N1CCN(CCCc2cnc3ccc(-c4cn[nH]c4-c4cc(Cl)c(F)cc4F)nc3c2)CC1.CC(C)N1CCN(CCCc2cnc3ccc(-c4cn[nH]c4-c4ccc(F)cc4F)nc3c2)CC1.Fc1cc(F)c(-c2nn(C3CCCCO3)cc2-c2ccc3ncc(Br)cc3n2)cc1Cl. The first kappa shape index (κ1) is 71.8. The Morgan fingerprint density at radius 3 is 1.48 bits per heavy atom. The quantitative estimate of drug-likeness (QED) is 0.0651. The number of aromatic amines is 2. The number of piperazine rings is 2. The van der Waals surface area contributed by atoms with Gasteiger partial charge in [-0.1, -0.05) is 23.2 Å². The largest absolute Gasteiger partial charge is 0.357 e. The molecule has 0 amide bonds. The molecule has 12 heterocycles. The van der Waals surface area contributed by atoms with Gasteiger partial charge in [-0.3, -0.25) is 34.9 Å². The molecule has 0 radical (unpaired) electrons. The van der Waals surface area contributed by atoms with Crippen molar-refractivity contribution < 1.29 is 31.1 Å². The summed E-state index contributed by atoms with van der Waals surface area (Å²) < 4.78 is 92.8. The lowest BCUT2D eigenvalue weighted by molar-refractivity contribution is -0.0393. The number of hydrogen-bond acceptors (Lipinski definition) is 14. The normalized spacial score (nSPS) is 15.7. The van der Waals surface area contributed by atoms with Crippen molar-refractivity contribution in [2.45, 2.75) is 91.0 Å². The van der Waals surface area contributed by atoms with E-state index in [1.807, 2.05) is 48.8 Å². The molecule has 12 aromatic rings. The highest BCUT2D eigenvalue weighted by molar-refractivity contribution is 9.10. The highest BCUT2D eigenvalue weighted by Crippen LogP contribution is 2.39. The lowest BCUT2D eigenvalue weighted by Crippen LogP contribution is -2.48. The first-order valence-corrected chi connectivity index (χ1v) is 35.8. The fraction of sp³-hybridized carbons (Fsp3) is 0.329. The van der Waals surface area contributed by atoms with E-state index in [0.717, 1.165) is 172 Å². The van der Waals surface area contributed by atoms with Crippen LogP contribution in [0.25, 0.3) is 101 Å². The van der Waals surface area contributed by atoms with E-state index >= 15 is 0 Å². The van der Waals surface area contributed by atoms with E-state index in [2.05, 4.69) is 116 Å². The molecule has 0 spiro atoms. The molecule has 0 saturated carbocycles. The molecule has 1 atom stereocenters. The van der Waals surface area contributed by atoms with Gasteiger partial charge >= 0.3 is 0 Å². The standard InChI is InChI=1S/C27H29ClF2N6.C27H30F2N6.C22H16BrClF2N4O/c1-17(2)36-10-8-35(9-11-36)7-3-4-18-12-26-25(31-15-18)6-5-24(33-26)20-16-32-34-27(20)19-13-21(28)23(30)14-22(19)29;1-18(2)35-12-10-34(11-13-35)9-3-4-19-14-26-25(30-16-19)8-7-24(32-26)22-17-31-33-27(22)21-6-5-20(28)15-23(21)29;23-12-7-20-19(27-10-12)5-4-18(28-20)14-11-30(21-3-1-2-6-31-21)29-22(14)13-8-15(24)17(26)9-16(13)25/h5-6,12-17H,3-4,7-11H2,1-2H3,(H,32,34);5-8,14-18H,3-4,9-13H2,1-2H3,(H,31,33);4-5,7-11,21H,1-3,6H2. The highest BCUT2D eigenvalue weighted by Gasteiger charge is 2.27. The van der Waals surface area contributed by atoms with Gasteiger partial charge in [-0.2, -0.15) is 15.3 Å². The average Bonchev–Trinajstić information content (AvgIpc) is 1.79. The number of pyridine rings is 6. The van der Waals surface area contributed by atoms with E-state index in [1.54, 1.807) is 35.5 Å². The minimum absolute atomic E-state index is 0.102. The van der Waals surface area contributed by atoms with E-state index in [-0.39, 0.29) is 33.0 Å². The van der Waals surface area contributed by atoms with Crippen LogP contribution in [0.5, 0.6) is 0 Å². The molecular formula is C76H75BrCl2F6N16O. The molecule has 3 aromatic carbocycles. The maximum Gasteiger partial charge on any atom is 0.150 e. The molecule has 15 rings (SSSR count). The van der Waals surface area contributed by atoms with Gasteiger partial charge in [-0.25, -0.2) is 46.0 Å². The van der Waals surface area contributed by atoms with Crippen molar-refractivity contribution in [2.24, 2.45) is 0 Å². The Balaban J connectivity index is 0.000000137. The minimum atomic E-state index is -0.820. The number of nitrogens with one attached hydrogen (secondary N) is 2. The number of H-pyrrole nitrogens is 2. The van der Waals surface area contributed by atoms with Gasteiger partial charge in [0.25, 0.3) is 0 Å². The van der Waals surface area contributed by atoms with Crippen molar-refractivity contribution in [1.82, 2.24) is 79.7 Å². The minimum Gasteiger partial charge on any atom is -0.357 e. The lowest BCUT2D eigenvalue weighted by Gasteiger charge is -2.36. The third kappa shape index (κ3) is 16.9. The summed E-state index contributed by atoms with van der Waals surface area (Å²) in [5.74, 6) is -4.36. The third-order valence-electron chi connectivity index (χ3n) is 18.9. The second-order valence-electron chi connectivity index (χ2n) is 26.3. The second-order valence-corrected chi connectivity index (χ2v) is 28.1. The van der Waals surface area contributed by atoms with Crippen molar-refractivity contribution >= 4 is 72.2 Å².